The number of aryl methyl sites for hydroxylation is 2. The number of aromatic nitrogens is 4. The number of nitrogens with zero attached hydrogens (tertiary/aromatic N) is 4. The van der Waals surface area contributed by atoms with Gasteiger partial charge in [-0.2, -0.15) is 10.2 Å². The number of nitrogens with one attached hydrogen (secondary N) is 1. The maximum atomic E-state index is 12.1. The van der Waals surface area contributed by atoms with Crippen molar-refractivity contribution in [3.8, 4) is 0 Å². The Balaban J connectivity index is 1.94. The van der Waals surface area contributed by atoms with Crippen molar-refractivity contribution in [2.75, 3.05) is 5.32 Å². The zero-order chi connectivity index (χ0) is 13.1. The zero-order valence-electron chi connectivity index (χ0n) is 10.3. The molecule has 0 bridgehead atoms. The molecule has 0 aliphatic heterocycles. The lowest BCUT2D eigenvalue weighted by Crippen LogP contribution is -2.07. The van der Waals surface area contributed by atoms with E-state index in [1.165, 1.54) is 10.9 Å². The Bertz CT molecular complexity index is 517. The quantitative estimate of drug-likeness (QED) is 0.886. The van der Waals surface area contributed by atoms with Crippen molar-refractivity contribution in [1.82, 2.24) is 19.6 Å². The highest BCUT2D eigenvalue weighted by Gasteiger charge is 2.06. The molecule has 0 amide bonds. The van der Waals surface area contributed by atoms with Gasteiger partial charge in [0, 0.05) is 13.2 Å². The molecule has 0 fully saturated rings. The van der Waals surface area contributed by atoms with Gasteiger partial charge in [-0.3, -0.25) is 9.36 Å². The summed E-state index contributed by atoms with van der Waals surface area (Å²) in [6, 6.07) is 1.97. The predicted octanol–water partition coefficient (Wildman–Crippen LogP) is 1.80. The molecule has 0 saturated carbocycles. The monoisotopic (exact) mass is 255 g/mol. The van der Waals surface area contributed by atoms with E-state index < -0.39 is 6.43 Å². The van der Waals surface area contributed by atoms with Crippen LogP contribution in [-0.2, 0) is 20.1 Å². The van der Waals surface area contributed by atoms with Gasteiger partial charge in [0.1, 0.15) is 6.54 Å². The Kier molecular flexibility index (Phi) is 3.59. The van der Waals surface area contributed by atoms with E-state index in [9.17, 15) is 8.78 Å². The molecule has 2 rings (SSSR count). The molecule has 0 radical (unpaired) electrons. The van der Waals surface area contributed by atoms with Gasteiger partial charge in [0.25, 0.3) is 6.43 Å². The molecule has 0 aromatic carbocycles. The average Bonchev–Trinajstić information content (AvgIpc) is 2.82. The Hall–Kier alpha value is -1.92. The van der Waals surface area contributed by atoms with E-state index in [1.54, 1.807) is 10.9 Å². The molecule has 0 saturated heterocycles. The molecule has 0 aliphatic rings. The first-order valence-electron chi connectivity index (χ1n) is 5.58. The Labute approximate surface area is 103 Å². The number of rotatable bonds is 5. The highest BCUT2D eigenvalue weighted by atomic mass is 19.3. The molecule has 2 heterocycles. The summed E-state index contributed by atoms with van der Waals surface area (Å²) in [5.41, 5.74) is 2.69. The van der Waals surface area contributed by atoms with E-state index in [0.717, 1.165) is 17.1 Å². The van der Waals surface area contributed by atoms with Gasteiger partial charge in [-0.1, -0.05) is 0 Å². The topological polar surface area (TPSA) is 47.7 Å². The smallest absolute Gasteiger partial charge is 0.257 e. The number of halogens is 2. The van der Waals surface area contributed by atoms with Crippen molar-refractivity contribution in [2.45, 2.75) is 26.4 Å². The number of hydrogen-bond acceptors (Lipinski definition) is 3. The minimum atomic E-state index is -2.39. The summed E-state index contributed by atoms with van der Waals surface area (Å²) in [5, 5.41) is 11.2. The summed E-state index contributed by atoms with van der Waals surface area (Å²) < 4.78 is 27.3. The van der Waals surface area contributed by atoms with Gasteiger partial charge in [-0.05, 0) is 13.0 Å². The summed E-state index contributed by atoms with van der Waals surface area (Å²) in [4.78, 5) is 0. The van der Waals surface area contributed by atoms with Crippen molar-refractivity contribution >= 4 is 5.69 Å². The molecule has 98 valence electrons. The fraction of sp³-hybridized carbons (Fsp3) is 0.455. The van der Waals surface area contributed by atoms with E-state index in [-0.39, 0.29) is 6.54 Å². The third-order valence-electron chi connectivity index (χ3n) is 2.53. The van der Waals surface area contributed by atoms with Crippen LogP contribution < -0.4 is 5.32 Å². The highest BCUT2D eigenvalue weighted by Crippen LogP contribution is 2.09. The van der Waals surface area contributed by atoms with Crippen LogP contribution in [0.25, 0.3) is 0 Å². The molecule has 0 unspecified atom stereocenters. The summed E-state index contributed by atoms with van der Waals surface area (Å²) in [6.07, 6.45) is 0.707. The van der Waals surface area contributed by atoms with Crippen LogP contribution in [0.3, 0.4) is 0 Å². The van der Waals surface area contributed by atoms with Gasteiger partial charge in [0.05, 0.1) is 29.8 Å². The molecule has 18 heavy (non-hydrogen) atoms. The van der Waals surface area contributed by atoms with Gasteiger partial charge in [0.2, 0.25) is 0 Å². The molecule has 1 N–H and O–H groups in total. The summed E-state index contributed by atoms with van der Waals surface area (Å²) >= 11 is 0. The third kappa shape index (κ3) is 3.06. The van der Waals surface area contributed by atoms with Crippen LogP contribution in [0.4, 0.5) is 14.5 Å². The van der Waals surface area contributed by atoms with Crippen molar-refractivity contribution in [3.63, 3.8) is 0 Å². The first-order chi connectivity index (χ1) is 8.54. The van der Waals surface area contributed by atoms with Crippen LogP contribution in [0.1, 0.15) is 11.4 Å². The normalized spacial score (nSPS) is 11.2. The molecule has 0 atom stereocenters. The second-order valence-electron chi connectivity index (χ2n) is 4.10. The standard InChI is InChI=1S/C11H15F2N5/c1-8-3-10(17(2)16-8)5-14-9-4-15-18(6-9)7-11(12)13/h3-4,6,11,14H,5,7H2,1-2H3. The van der Waals surface area contributed by atoms with Gasteiger partial charge in [-0.15, -0.1) is 0 Å². The molecule has 0 aliphatic carbocycles. The van der Waals surface area contributed by atoms with E-state index in [1.807, 2.05) is 20.0 Å². The molecular formula is C11H15F2N5. The fourth-order valence-electron chi connectivity index (χ4n) is 1.72. The lowest BCUT2D eigenvalue weighted by Gasteiger charge is -2.03. The SMILES string of the molecule is Cc1cc(CNc2cnn(CC(F)F)c2)n(C)n1. The maximum Gasteiger partial charge on any atom is 0.257 e. The van der Waals surface area contributed by atoms with Crippen molar-refractivity contribution in [2.24, 2.45) is 7.05 Å². The largest absolute Gasteiger partial charge is 0.377 e. The minimum absolute atomic E-state index is 0.382. The maximum absolute atomic E-state index is 12.1. The number of anilines is 1. The minimum Gasteiger partial charge on any atom is -0.377 e. The predicted molar refractivity (Wildman–Crippen MR) is 63.5 cm³/mol. The van der Waals surface area contributed by atoms with Crippen LogP contribution in [-0.4, -0.2) is 26.0 Å². The van der Waals surface area contributed by atoms with E-state index in [2.05, 4.69) is 15.5 Å². The lowest BCUT2D eigenvalue weighted by atomic mass is 10.3. The third-order valence-corrected chi connectivity index (χ3v) is 2.53. The van der Waals surface area contributed by atoms with E-state index in [0.29, 0.717) is 6.54 Å². The van der Waals surface area contributed by atoms with Gasteiger partial charge in [-0.25, -0.2) is 8.78 Å². The van der Waals surface area contributed by atoms with Crippen molar-refractivity contribution < 1.29 is 8.78 Å². The van der Waals surface area contributed by atoms with Crippen molar-refractivity contribution in [1.29, 1.82) is 0 Å². The first-order valence-corrected chi connectivity index (χ1v) is 5.58. The molecule has 5 nitrogen and oxygen atoms in total. The van der Waals surface area contributed by atoms with Gasteiger partial charge in [0.15, 0.2) is 0 Å². The molecular weight excluding hydrogens is 240 g/mol. The second-order valence-corrected chi connectivity index (χ2v) is 4.10. The second kappa shape index (κ2) is 5.16. The van der Waals surface area contributed by atoms with Crippen molar-refractivity contribution in [3.05, 3.63) is 29.8 Å². The van der Waals surface area contributed by atoms with E-state index in [4.69, 9.17) is 0 Å². The Morgan fingerprint density at radius 3 is 2.83 bits per heavy atom. The fourth-order valence-corrected chi connectivity index (χ4v) is 1.72. The molecule has 0 spiro atoms. The first kappa shape index (κ1) is 12.5. The van der Waals surface area contributed by atoms with E-state index >= 15 is 0 Å². The number of hydrogen-bond donors (Lipinski definition) is 1. The number of alkyl halides is 2. The molecule has 2 aromatic rings. The zero-order valence-corrected chi connectivity index (χ0v) is 10.3. The highest BCUT2D eigenvalue weighted by molar-refractivity contribution is 5.38. The van der Waals surface area contributed by atoms with Gasteiger partial charge < -0.3 is 5.32 Å². The lowest BCUT2D eigenvalue weighted by molar-refractivity contribution is 0.122. The van der Waals surface area contributed by atoms with Gasteiger partial charge >= 0.3 is 0 Å². The Morgan fingerprint density at radius 2 is 2.22 bits per heavy atom. The molecule has 2 aromatic heterocycles. The summed E-state index contributed by atoms with van der Waals surface area (Å²) in [6.45, 7) is 2.12. The Morgan fingerprint density at radius 1 is 1.44 bits per heavy atom. The van der Waals surface area contributed by atoms with Crippen LogP contribution in [0.5, 0.6) is 0 Å². The van der Waals surface area contributed by atoms with Crippen LogP contribution in [0, 0.1) is 6.92 Å². The summed E-state index contributed by atoms with van der Waals surface area (Å²) in [7, 11) is 1.87. The van der Waals surface area contributed by atoms with Crippen LogP contribution in [0.15, 0.2) is 18.5 Å². The average molecular weight is 255 g/mol. The van der Waals surface area contributed by atoms with Crippen LogP contribution >= 0.6 is 0 Å². The molecule has 7 heteroatoms. The summed E-state index contributed by atoms with van der Waals surface area (Å²) in [5.74, 6) is 0. The van der Waals surface area contributed by atoms with Crippen LogP contribution in [0.2, 0.25) is 0 Å².